The van der Waals surface area contributed by atoms with Gasteiger partial charge in [-0.3, -0.25) is 5.10 Å². The summed E-state index contributed by atoms with van der Waals surface area (Å²) in [5.41, 5.74) is 4.69. The number of aryl methyl sites for hydroxylation is 1. The van der Waals surface area contributed by atoms with Crippen molar-refractivity contribution < 1.29 is 9.53 Å². The molecule has 6 nitrogen and oxygen atoms in total. The molecule has 126 valence electrons. The number of fused-ring (bicyclic) bond motifs is 2. The minimum absolute atomic E-state index is 0.0211. The number of hydrogen-bond donors (Lipinski definition) is 2. The number of benzene rings is 1. The number of ether oxygens (including phenoxy) is 1. The molecule has 1 aliphatic carbocycles. The first-order valence-electron chi connectivity index (χ1n) is 8.49. The second-order valence-corrected chi connectivity index (χ2v) is 6.57. The van der Waals surface area contributed by atoms with E-state index in [-0.39, 0.29) is 12.1 Å². The van der Waals surface area contributed by atoms with Crippen LogP contribution in [-0.2, 0) is 25.8 Å². The average Bonchev–Trinajstić information content (AvgIpc) is 3.27. The van der Waals surface area contributed by atoms with Crippen molar-refractivity contribution in [2.75, 3.05) is 13.6 Å². The maximum Gasteiger partial charge on any atom is 0.317 e. The molecule has 0 unspecified atom stereocenters. The van der Waals surface area contributed by atoms with Crippen molar-refractivity contribution in [1.82, 2.24) is 20.4 Å². The highest BCUT2D eigenvalue weighted by molar-refractivity contribution is 5.73. The van der Waals surface area contributed by atoms with E-state index in [1.54, 1.807) is 11.9 Å². The van der Waals surface area contributed by atoms with E-state index in [9.17, 15) is 4.79 Å². The van der Waals surface area contributed by atoms with Crippen LogP contribution >= 0.6 is 0 Å². The third-order valence-corrected chi connectivity index (χ3v) is 4.84. The number of H-pyrrole nitrogens is 1. The number of carbonyl (C=O) groups is 1. The Hall–Kier alpha value is -2.50. The summed E-state index contributed by atoms with van der Waals surface area (Å²) in [5.74, 6) is 0.934. The summed E-state index contributed by atoms with van der Waals surface area (Å²) in [6.07, 6.45) is 4.16. The average molecular weight is 326 g/mol. The SMILES string of the molecule is CN(C[C@@H]1Cc2ccccc2O1)C(=O)NCc1n[nH]c2c1CCC2. The van der Waals surface area contributed by atoms with Crippen LogP contribution in [0.3, 0.4) is 0 Å². The summed E-state index contributed by atoms with van der Waals surface area (Å²) in [5, 5.41) is 10.3. The molecule has 4 rings (SSSR count). The first-order valence-corrected chi connectivity index (χ1v) is 8.49. The van der Waals surface area contributed by atoms with Gasteiger partial charge in [-0.2, -0.15) is 5.10 Å². The molecule has 0 radical (unpaired) electrons. The summed E-state index contributed by atoms with van der Waals surface area (Å²) in [6.45, 7) is 1.04. The second-order valence-electron chi connectivity index (χ2n) is 6.57. The van der Waals surface area contributed by atoms with E-state index in [4.69, 9.17) is 4.74 Å². The van der Waals surface area contributed by atoms with Crippen molar-refractivity contribution in [2.45, 2.75) is 38.3 Å². The number of rotatable bonds is 4. The normalized spacial score (nSPS) is 18.0. The largest absolute Gasteiger partial charge is 0.488 e. The van der Waals surface area contributed by atoms with E-state index in [1.807, 2.05) is 18.2 Å². The molecule has 24 heavy (non-hydrogen) atoms. The summed E-state index contributed by atoms with van der Waals surface area (Å²) in [7, 11) is 1.80. The minimum Gasteiger partial charge on any atom is -0.488 e. The molecule has 0 saturated heterocycles. The van der Waals surface area contributed by atoms with Gasteiger partial charge in [-0.1, -0.05) is 18.2 Å². The molecule has 2 aliphatic rings. The van der Waals surface area contributed by atoms with Crippen LogP contribution in [0.15, 0.2) is 24.3 Å². The van der Waals surface area contributed by atoms with E-state index in [0.717, 1.165) is 30.7 Å². The van der Waals surface area contributed by atoms with Crippen LogP contribution < -0.4 is 10.1 Å². The Kier molecular flexibility index (Phi) is 3.88. The number of aromatic nitrogens is 2. The number of likely N-dealkylation sites (N-methyl/N-ethyl adjacent to an activating group) is 1. The Morgan fingerprint density at radius 2 is 2.29 bits per heavy atom. The number of urea groups is 1. The molecule has 1 aromatic carbocycles. The highest BCUT2D eigenvalue weighted by Gasteiger charge is 2.25. The second kappa shape index (κ2) is 6.19. The van der Waals surface area contributed by atoms with Gasteiger partial charge in [-0.25, -0.2) is 4.79 Å². The van der Waals surface area contributed by atoms with Crippen molar-refractivity contribution in [3.05, 3.63) is 46.8 Å². The lowest BCUT2D eigenvalue weighted by molar-refractivity contribution is 0.164. The molecule has 2 aromatic rings. The number of carbonyl (C=O) groups excluding carboxylic acids is 1. The van der Waals surface area contributed by atoms with Gasteiger partial charge in [0.25, 0.3) is 0 Å². The van der Waals surface area contributed by atoms with Crippen molar-refractivity contribution in [2.24, 2.45) is 0 Å². The highest BCUT2D eigenvalue weighted by atomic mass is 16.5. The first-order chi connectivity index (χ1) is 11.7. The fourth-order valence-corrected chi connectivity index (χ4v) is 3.57. The Balaban J connectivity index is 1.29. The predicted molar refractivity (Wildman–Crippen MR) is 90.0 cm³/mol. The number of para-hydroxylation sites is 1. The van der Waals surface area contributed by atoms with Crippen LogP contribution in [0.2, 0.25) is 0 Å². The number of nitrogens with one attached hydrogen (secondary N) is 2. The molecule has 0 saturated carbocycles. The fraction of sp³-hybridized carbons (Fsp3) is 0.444. The van der Waals surface area contributed by atoms with Gasteiger partial charge < -0.3 is 15.0 Å². The van der Waals surface area contributed by atoms with Crippen molar-refractivity contribution >= 4 is 6.03 Å². The van der Waals surface area contributed by atoms with Crippen LogP contribution in [0.5, 0.6) is 5.75 Å². The van der Waals surface area contributed by atoms with Gasteiger partial charge >= 0.3 is 6.03 Å². The van der Waals surface area contributed by atoms with Gasteiger partial charge in [0.15, 0.2) is 0 Å². The monoisotopic (exact) mass is 326 g/mol. The zero-order valence-corrected chi connectivity index (χ0v) is 13.8. The van der Waals surface area contributed by atoms with Crippen molar-refractivity contribution in [1.29, 1.82) is 0 Å². The van der Waals surface area contributed by atoms with Crippen LogP contribution in [0.25, 0.3) is 0 Å². The molecule has 0 spiro atoms. The highest BCUT2D eigenvalue weighted by Crippen LogP contribution is 2.28. The molecule has 2 heterocycles. The number of hydrogen-bond acceptors (Lipinski definition) is 3. The maximum absolute atomic E-state index is 12.3. The smallest absolute Gasteiger partial charge is 0.317 e. The molecule has 2 amide bonds. The molecule has 0 bridgehead atoms. The lowest BCUT2D eigenvalue weighted by Crippen LogP contribution is -2.42. The maximum atomic E-state index is 12.3. The molecule has 0 fully saturated rings. The van der Waals surface area contributed by atoms with E-state index in [2.05, 4.69) is 21.6 Å². The molecule has 6 heteroatoms. The minimum atomic E-state index is -0.0932. The summed E-state index contributed by atoms with van der Waals surface area (Å²) >= 11 is 0. The Bertz CT molecular complexity index is 730. The van der Waals surface area contributed by atoms with Crippen molar-refractivity contribution in [3.63, 3.8) is 0 Å². The third kappa shape index (κ3) is 2.84. The van der Waals surface area contributed by atoms with E-state index in [0.29, 0.717) is 13.1 Å². The summed E-state index contributed by atoms with van der Waals surface area (Å²) in [6, 6.07) is 7.95. The molecule has 2 N–H and O–H groups in total. The van der Waals surface area contributed by atoms with Crippen LogP contribution in [-0.4, -0.2) is 40.8 Å². The standard InChI is InChI=1S/C18H22N4O2/c1-22(11-13-9-12-5-2-3-8-17(12)24-13)18(23)19-10-16-14-6-4-7-15(14)20-21-16/h2-3,5,8,13H,4,6-7,9-11H2,1H3,(H,19,23)(H,20,21)/t13-/m0/s1. The zero-order valence-electron chi connectivity index (χ0n) is 13.8. The Morgan fingerprint density at radius 3 is 3.17 bits per heavy atom. The van der Waals surface area contributed by atoms with Crippen molar-refractivity contribution in [3.8, 4) is 5.75 Å². The summed E-state index contributed by atoms with van der Waals surface area (Å²) in [4.78, 5) is 14.0. The van der Waals surface area contributed by atoms with Gasteiger partial charge in [0.2, 0.25) is 0 Å². The molecular formula is C18H22N4O2. The zero-order chi connectivity index (χ0) is 16.5. The van der Waals surface area contributed by atoms with Gasteiger partial charge in [0, 0.05) is 19.2 Å². The Morgan fingerprint density at radius 1 is 1.42 bits per heavy atom. The van der Waals surface area contributed by atoms with Gasteiger partial charge in [-0.15, -0.1) is 0 Å². The topological polar surface area (TPSA) is 70.2 Å². The summed E-state index contributed by atoms with van der Waals surface area (Å²) < 4.78 is 5.90. The lowest BCUT2D eigenvalue weighted by atomic mass is 10.1. The van der Waals surface area contributed by atoms with E-state index in [1.165, 1.54) is 23.2 Å². The van der Waals surface area contributed by atoms with Gasteiger partial charge in [0.1, 0.15) is 11.9 Å². The van der Waals surface area contributed by atoms with Gasteiger partial charge in [-0.05, 0) is 36.5 Å². The van der Waals surface area contributed by atoms with Crippen LogP contribution in [0.4, 0.5) is 4.79 Å². The molecule has 1 aromatic heterocycles. The Labute approximate surface area is 141 Å². The van der Waals surface area contributed by atoms with Crippen LogP contribution in [0, 0.1) is 0 Å². The predicted octanol–water partition coefficient (Wildman–Crippen LogP) is 2.04. The molecular weight excluding hydrogens is 304 g/mol. The number of aromatic amines is 1. The van der Waals surface area contributed by atoms with E-state index < -0.39 is 0 Å². The van der Waals surface area contributed by atoms with Crippen LogP contribution in [0.1, 0.15) is 28.9 Å². The fourth-order valence-electron chi connectivity index (χ4n) is 3.57. The van der Waals surface area contributed by atoms with Gasteiger partial charge in [0.05, 0.1) is 18.8 Å². The van der Waals surface area contributed by atoms with E-state index >= 15 is 0 Å². The molecule has 1 aliphatic heterocycles. The lowest BCUT2D eigenvalue weighted by Gasteiger charge is -2.21. The third-order valence-electron chi connectivity index (χ3n) is 4.84. The quantitative estimate of drug-likeness (QED) is 0.903. The molecule has 1 atom stereocenters. The number of amides is 2. The first kappa shape index (κ1) is 15.1. The number of nitrogens with zero attached hydrogens (tertiary/aromatic N) is 2.